The Balaban J connectivity index is 0.00000324. The molecule has 0 saturated heterocycles. The number of benzene rings is 1. The molecule has 1 aromatic carbocycles. The molecule has 0 unspecified atom stereocenters. The highest BCUT2D eigenvalue weighted by atomic mass is 35.5. The van der Waals surface area contributed by atoms with Crippen molar-refractivity contribution in [2.45, 2.75) is 26.7 Å². The van der Waals surface area contributed by atoms with Crippen LogP contribution in [-0.2, 0) is 4.79 Å². The first-order valence-corrected chi connectivity index (χ1v) is 5.95. The SMILES string of the molecule is CCC(CC)(CN)C(=O)Nc1ccc(F)c(F)c1.Cl. The van der Waals surface area contributed by atoms with E-state index in [4.69, 9.17) is 5.73 Å². The highest BCUT2D eigenvalue weighted by molar-refractivity contribution is 5.95. The average molecular weight is 293 g/mol. The van der Waals surface area contributed by atoms with Crippen LogP contribution in [0.25, 0.3) is 0 Å². The van der Waals surface area contributed by atoms with Crippen molar-refractivity contribution in [1.82, 2.24) is 0 Å². The smallest absolute Gasteiger partial charge is 0.231 e. The van der Waals surface area contributed by atoms with E-state index in [2.05, 4.69) is 5.32 Å². The summed E-state index contributed by atoms with van der Waals surface area (Å²) in [5.74, 6) is -2.19. The van der Waals surface area contributed by atoms with Crippen LogP contribution in [-0.4, -0.2) is 12.5 Å². The van der Waals surface area contributed by atoms with Gasteiger partial charge in [0.05, 0.1) is 5.41 Å². The van der Waals surface area contributed by atoms with Gasteiger partial charge in [-0.1, -0.05) is 13.8 Å². The van der Waals surface area contributed by atoms with Gasteiger partial charge in [0.1, 0.15) is 0 Å². The average Bonchev–Trinajstić information content (AvgIpc) is 2.37. The third kappa shape index (κ3) is 3.88. The van der Waals surface area contributed by atoms with E-state index in [1.54, 1.807) is 0 Å². The van der Waals surface area contributed by atoms with E-state index >= 15 is 0 Å². The standard InChI is InChI=1S/C13H18F2N2O.ClH/c1-3-13(4-2,8-16)12(18)17-9-5-6-10(14)11(15)7-9;/h5-7H,3-4,8,16H2,1-2H3,(H,17,18);1H. The fraction of sp³-hybridized carbons (Fsp3) is 0.462. The summed E-state index contributed by atoms with van der Waals surface area (Å²) in [5.41, 5.74) is 5.22. The molecule has 0 fully saturated rings. The predicted octanol–water partition coefficient (Wildman–Crippen LogP) is 3.09. The summed E-state index contributed by atoms with van der Waals surface area (Å²) in [5, 5.41) is 2.58. The van der Waals surface area contributed by atoms with Crippen LogP contribution in [0.3, 0.4) is 0 Å². The normalized spacial score (nSPS) is 10.8. The van der Waals surface area contributed by atoms with Crippen molar-refractivity contribution in [2.75, 3.05) is 11.9 Å². The molecule has 1 amide bonds. The maximum Gasteiger partial charge on any atom is 0.231 e. The van der Waals surface area contributed by atoms with Crippen LogP contribution in [0.4, 0.5) is 14.5 Å². The minimum atomic E-state index is -0.987. The van der Waals surface area contributed by atoms with E-state index < -0.39 is 17.0 Å². The van der Waals surface area contributed by atoms with Crippen molar-refractivity contribution in [1.29, 1.82) is 0 Å². The van der Waals surface area contributed by atoms with Gasteiger partial charge in [-0.25, -0.2) is 8.78 Å². The molecule has 0 saturated carbocycles. The Bertz CT molecular complexity index is 428. The fourth-order valence-electron chi connectivity index (χ4n) is 1.79. The van der Waals surface area contributed by atoms with Gasteiger partial charge >= 0.3 is 0 Å². The van der Waals surface area contributed by atoms with Gasteiger partial charge in [-0.2, -0.15) is 0 Å². The number of hydrogen-bond donors (Lipinski definition) is 2. The Morgan fingerprint density at radius 1 is 1.26 bits per heavy atom. The molecule has 1 rings (SSSR count). The van der Waals surface area contributed by atoms with Gasteiger partial charge in [0.2, 0.25) is 5.91 Å². The maximum absolute atomic E-state index is 13.0. The number of anilines is 1. The molecule has 0 aliphatic heterocycles. The van der Waals surface area contributed by atoms with Crippen LogP contribution in [0, 0.1) is 17.0 Å². The summed E-state index contributed by atoms with van der Waals surface area (Å²) >= 11 is 0. The molecule has 6 heteroatoms. The van der Waals surface area contributed by atoms with Gasteiger partial charge in [-0.3, -0.25) is 4.79 Å². The lowest BCUT2D eigenvalue weighted by Crippen LogP contribution is -2.41. The first-order chi connectivity index (χ1) is 8.49. The molecular formula is C13H19ClF2N2O. The van der Waals surface area contributed by atoms with Crippen molar-refractivity contribution >= 4 is 24.0 Å². The molecule has 3 N–H and O–H groups in total. The fourth-order valence-corrected chi connectivity index (χ4v) is 1.79. The third-order valence-corrected chi connectivity index (χ3v) is 3.40. The quantitative estimate of drug-likeness (QED) is 0.876. The van der Waals surface area contributed by atoms with E-state index in [1.165, 1.54) is 6.07 Å². The molecule has 0 heterocycles. The van der Waals surface area contributed by atoms with Gasteiger partial charge in [0.15, 0.2) is 11.6 Å². The van der Waals surface area contributed by atoms with Gasteiger partial charge in [0, 0.05) is 18.3 Å². The molecule has 0 aliphatic carbocycles. The van der Waals surface area contributed by atoms with E-state index in [0.29, 0.717) is 12.8 Å². The zero-order valence-corrected chi connectivity index (χ0v) is 11.8. The number of halogens is 3. The third-order valence-electron chi connectivity index (χ3n) is 3.40. The topological polar surface area (TPSA) is 55.1 Å². The highest BCUT2D eigenvalue weighted by Crippen LogP contribution is 2.27. The van der Waals surface area contributed by atoms with Gasteiger partial charge < -0.3 is 11.1 Å². The highest BCUT2D eigenvalue weighted by Gasteiger charge is 2.33. The molecule has 3 nitrogen and oxygen atoms in total. The summed E-state index contributed by atoms with van der Waals surface area (Å²) in [6, 6.07) is 3.26. The van der Waals surface area contributed by atoms with E-state index in [0.717, 1.165) is 12.1 Å². The number of carbonyl (C=O) groups is 1. The van der Waals surface area contributed by atoms with Crippen LogP contribution in [0.1, 0.15) is 26.7 Å². The van der Waals surface area contributed by atoms with Crippen molar-refractivity contribution in [3.05, 3.63) is 29.8 Å². The Hall–Kier alpha value is -1.20. The Morgan fingerprint density at radius 2 is 1.84 bits per heavy atom. The predicted molar refractivity (Wildman–Crippen MR) is 74.3 cm³/mol. The largest absolute Gasteiger partial charge is 0.329 e. The number of nitrogens with two attached hydrogens (primary N) is 1. The molecule has 0 spiro atoms. The second-order valence-electron chi connectivity index (χ2n) is 4.27. The van der Waals surface area contributed by atoms with Crippen LogP contribution in [0.15, 0.2) is 18.2 Å². The summed E-state index contributed by atoms with van der Waals surface area (Å²) in [7, 11) is 0. The molecule has 108 valence electrons. The molecule has 0 atom stereocenters. The van der Waals surface area contributed by atoms with E-state index in [-0.39, 0.29) is 30.5 Å². The second-order valence-corrected chi connectivity index (χ2v) is 4.27. The Kier molecular flexibility index (Phi) is 6.94. The zero-order valence-electron chi connectivity index (χ0n) is 11.0. The summed E-state index contributed by atoms with van der Waals surface area (Å²) in [4.78, 5) is 12.1. The van der Waals surface area contributed by atoms with Crippen molar-refractivity contribution in [3.63, 3.8) is 0 Å². The molecular weight excluding hydrogens is 274 g/mol. The number of nitrogens with one attached hydrogen (secondary N) is 1. The first-order valence-electron chi connectivity index (χ1n) is 5.95. The molecule has 0 aliphatic rings. The minimum Gasteiger partial charge on any atom is -0.329 e. The van der Waals surface area contributed by atoms with Crippen LogP contribution < -0.4 is 11.1 Å². The lowest BCUT2D eigenvalue weighted by molar-refractivity contribution is -0.125. The van der Waals surface area contributed by atoms with Gasteiger partial charge in [0.25, 0.3) is 0 Å². The van der Waals surface area contributed by atoms with Crippen molar-refractivity contribution < 1.29 is 13.6 Å². The zero-order chi connectivity index (χ0) is 13.8. The van der Waals surface area contributed by atoms with Crippen LogP contribution in [0.5, 0.6) is 0 Å². The van der Waals surface area contributed by atoms with Crippen LogP contribution >= 0.6 is 12.4 Å². The van der Waals surface area contributed by atoms with Gasteiger partial charge in [-0.05, 0) is 25.0 Å². The molecule has 1 aromatic rings. The summed E-state index contributed by atoms with van der Waals surface area (Å²) in [6.07, 6.45) is 1.19. The number of amides is 1. The monoisotopic (exact) mass is 292 g/mol. The van der Waals surface area contributed by atoms with Crippen molar-refractivity contribution in [3.8, 4) is 0 Å². The molecule has 0 bridgehead atoms. The lowest BCUT2D eigenvalue weighted by Gasteiger charge is -2.28. The minimum absolute atomic E-state index is 0. The maximum atomic E-state index is 13.0. The molecule has 0 radical (unpaired) electrons. The van der Waals surface area contributed by atoms with E-state index in [9.17, 15) is 13.6 Å². The first kappa shape index (κ1) is 17.8. The summed E-state index contributed by atoms with van der Waals surface area (Å²) < 4.78 is 25.8. The Labute approximate surface area is 118 Å². The number of hydrogen-bond acceptors (Lipinski definition) is 2. The molecule has 19 heavy (non-hydrogen) atoms. The van der Waals surface area contributed by atoms with Crippen molar-refractivity contribution in [2.24, 2.45) is 11.1 Å². The van der Waals surface area contributed by atoms with Crippen LogP contribution in [0.2, 0.25) is 0 Å². The number of rotatable bonds is 5. The lowest BCUT2D eigenvalue weighted by atomic mass is 9.81. The molecule has 0 aromatic heterocycles. The number of carbonyl (C=O) groups excluding carboxylic acids is 1. The summed E-state index contributed by atoms with van der Waals surface area (Å²) in [6.45, 7) is 3.97. The van der Waals surface area contributed by atoms with E-state index in [1.807, 2.05) is 13.8 Å². The van der Waals surface area contributed by atoms with Gasteiger partial charge in [-0.15, -0.1) is 12.4 Å². The second kappa shape index (κ2) is 7.40. The Morgan fingerprint density at radius 3 is 2.26 bits per heavy atom.